The molecule has 1 aliphatic rings. The fourth-order valence-electron chi connectivity index (χ4n) is 7.26. The van der Waals surface area contributed by atoms with Gasteiger partial charge in [-0.25, -0.2) is 33.7 Å². The number of nitrogens with zero attached hydrogens (tertiary/aromatic N) is 4. The third-order valence-corrected chi connectivity index (χ3v) is 15.4. The third-order valence-electron chi connectivity index (χ3n) is 9.76. The van der Waals surface area contributed by atoms with E-state index >= 15 is 0 Å². The largest absolute Gasteiger partial charge is 3.00 e. The number of aryl methyl sites for hydroxylation is 9. The summed E-state index contributed by atoms with van der Waals surface area (Å²) < 4.78 is 176. The number of benzene rings is 3. The van der Waals surface area contributed by atoms with Crippen LogP contribution in [0.3, 0.4) is 0 Å². The second-order valence-electron chi connectivity index (χ2n) is 16.1. The van der Waals surface area contributed by atoms with E-state index in [2.05, 4.69) is 14.2 Å². The predicted octanol–water partition coefficient (Wildman–Crippen LogP) is 7.35. The Hall–Kier alpha value is -0.844. The van der Waals surface area contributed by atoms with Gasteiger partial charge in [0.2, 0.25) is 0 Å². The molecule has 1 saturated heterocycles. The van der Waals surface area contributed by atoms with E-state index in [4.69, 9.17) is 59.9 Å². The van der Waals surface area contributed by atoms with E-state index in [1.165, 1.54) is 0 Å². The molecule has 0 radical (unpaired) electrons. The van der Waals surface area contributed by atoms with Gasteiger partial charge in [0.1, 0.15) is 30.1 Å². The van der Waals surface area contributed by atoms with Crippen LogP contribution >= 0.6 is 23.2 Å². The standard InChI is InChI=1S/C33H45N4O6S3.C10H20O5.CH2Cl2.CHF3O3S.Ca.Co.H2O/c1-22-16-25(4)31(26(5)17-22)44(38,39)34-10-13-37(14-11-35-45(40,41)32-27(6)18-23(2)19-28(32)7)15-12-36-46(42,43)33-29(8)20-24(3)21-30(33)9;1-2-12-5-6-14-9-10-15-8-7-13-4-3-11-1;2-1-3;2-1(3,4)8(5,6)7;;;/h16-21H,10-15H2,1-9H3;1-10H2;1H2;(H,5,6,7);;;1H2/q-3;;;;+2;+3;/p-2. The van der Waals surface area contributed by atoms with Crippen LogP contribution in [0.25, 0.3) is 14.2 Å². The minimum atomic E-state index is -6.09. The van der Waals surface area contributed by atoms with Gasteiger partial charge in [0, 0.05) is 0 Å². The van der Waals surface area contributed by atoms with Gasteiger partial charge in [-0.1, -0.05) is 53.1 Å². The number of hydrogen-bond acceptors (Lipinski definition) is 16. The molecular weight excluding hydrogens is 1190 g/mol. The van der Waals surface area contributed by atoms with Crippen molar-refractivity contribution >= 4 is 101 Å². The fraction of sp³-hybridized carbons (Fsp3) is 0.600. The average Bonchev–Trinajstić information content (AvgIpc) is 3.22. The summed E-state index contributed by atoms with van der Waals surface area (Å²) in [5.41, 5.74) is 0.836. The molecule has 0 bridgehead atoms. The number of hydrogen-bond donors (Lipinski definition) is 0. The molecule has 4 rings (SSSR count). The number of sulfonamides is 3. The normalized spacial score (nSPS) is 14.3. The maximum absolute atomic E-state index is 13.2. The third kappa shape index (κ3) is 30.5. The van der Waals surface area contributed by atoms with E-state index in [-0.39, 0.29) is 119 Å². The zero-order valence-electron chi connectivity index (χ0n) is 43.5. The van der Waals surface area contributed by atoms with E-state index < -0.39 is 45.7 Å². The Morgan fingerprint density at radius 3 is 0.787 bits per heavy atom. The van der Waals surface area contributed by atoms with E-state index in [1.54, 1.807) is 82.8 Å². The molecule has 0 atom stereocenters. The second-order valence-corrected chi connectivity index (χ2v) is 23.1. The predicted molar refractivity (Wildman–Crippen MR) is 279 cm³/mol. The van der Waals surface area contributed by atoms with Gasteiger partial charge in [0.15, 0.2) is 10.1 Å². The molecule has 0 spiro atoms. The molecule has 3 aromatic carbocycles. The van der Waals surface area contributed by atoms with Gasteiger partial charge < -0.3 is 52.8 Å². The van der Waals surface area contributed by atoms with Crippen LogP contribution < -0.4 is 0 Å². The maximum Gasteiger partial charge on any atom is 3.00 e. The van der Waals surface area contributed by atoms with E-state index in [9.17, 15) is 38.4 Å². The van der Waals surface area contributed by atoms with Crippen molar-refractivity contribution in [3.8, 4) is 0 Å². The van der Waals surface area contributed by atoms with Crippen molar-refractivity contribution in [1.29, 1.82) is 0 Å². The molecule has 0 aromatic heterocycles. The summed E-state index contributed by atoms with van der Waals surface area (Å²) in [5, 5.41) is 0.194. The van der Waals surface area contributed by atoms with Crippen LogP contribution in [0.1, 0.15) is 50.1 Å². The minimum absolute atomic E-state index is 0. The van der Waals surface area contributed by atoms with Crippen LogP contribution in [0.15, 0.2) is 51.1 Å². The molecular formula is C45H68CaCl2CoF3N4O15S4. The summed E-state index contributed by atoms with van der Waals surface area (Å²) in [7, 11) is -18.0. The first kappa shape index (κ1) is 78.4. The van der Waals surface area contributed by atoms with Gasteiger partial charge in [-0.3, -0.25) is 0 Å². The number of rotatable bonds is 15. The first-order valence-corrected chi connectivity index (χ1v) is 29.0. The summed E-state index contributed by atoms with van der Waals surface area (Å²) >= 11 is 9.53. The quantitative estimate of drug-likeness (QED) is 0.0622. The van der Waals surface area contributed by atoms with Crippen LogP contribution in [0.4, 0.5) is 13.2 Å². The zero-order valence-corrected chi connectivity index (χ0v) is 51.5. The Morgan fingerprint density at radius 1 is 0.480 bits per heavy atom. The molecule has 0 amide bonds. The molecule has 1 heterocycles. The molecule has 1 N–H and O–H groups in total. The van der Waals surface area contributed by atoms with Crippen molar-refractivity contribution in [2.75, 3.05) is 111 Å². The smallest absolute Gasteiger partial charge is 0.870 e. The zero-order chi connectivity index (χ0) is 54.9. The summed E-state index contributed by atoms with van der Waals surface area (Å²) in [4.78, 5) is 2.23. The number of alkyl halides is 5. The van der Waals surface area contributed by atoms with Crippen molar-refractivity contribution in [2.24, 2.45) is 0 Å². The summed E-state index contributed by atoms with van der Waals surface area (Å²) in [6.45, 7) is 22.2. The molecule has 428 valence electrons. The Bertz CT molecular complexity index is 2260. The second kappa shape index (κ2) is 38.7. The molecule has 0 unspecified atom stereocenters. The van der Waals surface area contributed by atoms with Crippen molar-refractivity contribution < 1.29 is 97.3 Å². The van der Waals surface area contributed by atoms with E-state index in [0.717, 1.165) is 16.7 Å². The van der Waals surface area contributed by atoms with Crippen LogP contribution in [0.2, 0.25) is 0 Å². The van der Waals surface area contributed by atoms with Crippen molar-refractivity contribution in [3.05, 3.63) is 101 Å². The molecule has 1 fully saturated rings. The van der Waals surface area contributed by atoms with Gasteiger partial charge in [-0.2, -0.15) is 13.2 Å². The summed E-state index contributed by atoms with van der Waals surface area (Å²) in [6, 6.07) is 10.8. The van der Waals surface area contributed by atoms with E-state index in [0.29, 0.717) is 99.4 Å². The molecule has 75 heavy (non-hydrogen) atoms. The molecule has 3 aromatic rings. The Morgan fingerprint density at radius 2 is 0.640 bits per heavy atom. The van der Waals surface area contributed by atoms with Crippen molar-refractivity contribution in [2.45, 2.75) is 82.5 Å². The molecule has 0 saturated carbocycles. The monoisotopic (exact) mass is 1260 g/mol. The fourth-order valence-corrected chi connectivity index (χ4v) is 11.4. The first-order chi connectivity index (χ1) is 33.4. The Labute approximate surface area is 492 Å². The summed E-state index contributed by atoms with van der Waals surface area (Å²) in [6.07, 6.45) is 0. The van der Waals surface area contributed by atoms with Gasteiger partial charge in [0.25, 0.3) is 0 Å². The van der Waals surface area contributed by atoms with Gasteiger partial charge in [-0.15, -0.1) is 42.8 Å². The summed E-state index contributed by atoms with van der Waals surface area (Å²) in [5.74, 6) is 0. The molecule has 30 heteroatoms. The molecule has 0 aliphatic carbocycles. The average molecular weight is 1260 g/mol. The molecule has 1 aliphatic heterocycles. The van der Waals surface area contributed by atoms with Crippen LogP contribution in [0, 0.1) is 62.3 Å². The van der Waals surface area contributed by atoms with E-state index in [1.807, 2.05) is 20.8 Å². The van der Waals surface area contributed by atoms with Gasteiger partial charge >= 0.3 is 60.0 Å². The molecule has 19 nitrogen and oxygen atoms in total. The SMILES string of the molecule is C1COCCOCCOCCOCCO1.Cc1cc(C)c(S(=O)(=O)[N-]CCN(CC[N-]S(=O)(=O)c2c(C)cc(C)cc2C)CC[N-]S(=O)(=O)c2c(C)cc(C)cc2C)c(C)c1.ClCCl.O=S(=O)([O-])C(F)(F)F.[Ca+2].[Co+3].[OH-]. The Kier molecular flexibility index (Phi) is 40.5. The van der Waals surface area contributed by atoms with Crippen LogP contribution in [-0.2, 0) is 80.7 Å². The van der Waals surface area contributed by atoms with Crippen molar-refractivity contribution in [1.82, 2.24) is 4.90 Å². The number of halogens is 5. The van der Waals surface area contributed by atoms with Gasteiger partial charge in [0.05, 0.1) is 86.1 Å². The number of ether oxygens (including phenoxy) is 5. The first-order valence-electron chi connectivity index (χ1n) is 22.2. The Balaban J connectivity index is -0.00000147. The minimum Gasteiger partial charge on any atom is -0.870 e. The van der Waals surface area contributed by atoms with Gasteiger partial charge in [-0.05, 0) is 115 Å². The van der Waals surface area contributed by atoms with Crippen molar-refractivity contribution in [3.63, 3.8) is 0 Å². The maximum atomic E-state index is 13.2. The topological polar surface area (TPSA) is 281 Å². The van der Waals surface area contributed by atoms with Crippen LogP contribution in [-0.4, -0.2) is 203 Å². The van der Waals surface area contributed by atoms with Crippen LogP contribution in [0.5, 0.6) is 0 Å².